The lowest BCUT2D eigenvalue weighted by molar-refractivity contribution is -0.212. The molecule has 2 heteroatoms. The van der Waals surface area contributed by atoms with E-state index in [4.69, 9.17) is 9.47 Å². The smallest absolute Gasteiger partial charge is 0.184 e. The van der Waals surface area contributed by atoms with Gasteiger partial charge in [0.25, 0.3) is 0 Å². The minimum atomic E-state index is -0.168. The number of hydrogen-bond donors (Lipinski definition) is 0. The average Bonchev–Trinajstić information content (AvgIpc) is 2.18. The van der Waals surface area contributed by atoms with Crippen LogP contribution in [0, 0.1) is 6.92 Å². The Morgan fingerprint density at radius 3 is 2.93 bits per heavy atom. The summed E-state index contributed by atoms with van der Waals surface area (Å²) in [7, 11) is 0. The summed E-state index contributed by atoms with van der Waals surface area (Å²) in [4.78, 5) is 0. The third-order valence-corrected chi connectivity index (χ3v) is 2.46. The first-order valence-electron chi connectivity index (χ1n) is 5.09. The van der Waals surface area contributed by atoms with Crippen molar-refractivity contribution in [2.75, 3.05) is 6.61 Å². The first kappa shape index (κ1) is 9.69. The number of benzene rings is 1. The van der Waals surface area contributed by atoms with Crippen LogP contribution in [0.15, 0.2) is 24.3 Å². The van der Waals surface area contributed by atoms with E-state index in [2.05, 4.69) is 32.0 Å². The second-order valence-electron chi connectivity index (χ2n) is 3.85. The van der Waals surface area contributed by atoms with Crippen molar-refractivity contribution < 1.29 is 9.47 Å². The molecule has 1 aromatic rings. The monoisotopic (exact) mass is 192 g/mol. The van der Waals surface area contributed by atoms with Gasteiger partial charge in [-0.25, -0.2) is 0 Å². The third-order valence-electron chi connectivity index (χ3n) is 2.46. The highest BCUT2D eigenvalue weighted by molar-refractivity contribution is 5.23. The van der Waals surface area contributed by atoms with Crippen LogP contribution in [0.3, 0.4) is 0 Å². The Bertz CT molecular complexity index is 309. The summed E-state index contributed by atoms with van der Waals surface area (Å²) in [5.74, 6) is 0. The van der Waals surface area contributed by atoms with E-state index in [1.54, 1.807) is 0 Å². The lowest BCUT2D eigenvalue weighted by Gasteiger charge is -2.28. The predicted octanol–water partition coefficient (Wildman–Crippen LogP) is 2.82. The summed E-state index contributed by atoms with van der Waals surface area (Å²) in [5.41, 5.74) is 2.37. The van der Waals surface area contributed by atoms with Gasteiger partial charge in [-0.3, -0.25) is 0 Å². The van der Waals surface area contributed by atoms with E-state index in [1.807, 2.05) is 6.07 Å². The van der Waals surface area contributed by atoms with Crippen molar-refractivity contribution in [1.29, 1.82) is 0 Å². The van der Waals surface area contributed by atoms with Crippen molar-refractivity contribution in [3.05, 3.63) is 35.4 Å². The fraction of sp³-hybridized carbons (Fsp3) is 0.500. The van der Waals surface area contributed by atoms with Crippen molar-refractivity contribution in [3.63, 3.8) is 0 Å². The number of ether oxygens (including phenoxy) is 2. The lowest BCUT2D eigenvalue weighted by Crippen LogP contribution is -2.24. The molecule has 0 amide bonds. The van der Waals surface area contributed by atoms with Crippen LogP contribution in [-0.4, -0.2) is 12.7 Å². The van der Waals surface area contributed by atoms with Gasteiger partial charge in [0.05, 0.1) is 12.7 Å². The summed E-state index contributed by atoms with van der Waals surface area (Å²) in [6.45, 7) is 4.96. The molecular formula is C12H16O2. The Hall–Kier alpha value is -0.860. The van der Waals surface area contributed by atoms with Gasteiger partial charge in [0.15, 0.2) is 6.29 Å². The zero-order valence-electron chi connectivity index (χ0n) is 8.69. The van der Waals surface area contributed by atoms with Crippen LogP contribution in [0.2, 0.25) is 0 Å². The first-order valence-corrected chi connectivity index (χ1v) is 5.09. The number of rotatable bonds is 1. The summed E-state index contributed by atoms with van der Waals surface area (Å²) in [5, 5.41) is 0. The zero-order valence-corrected chi connectivity index (χ0v) is 8.69. The maximum Gasteiger partial charge on any atom is 0.184 e. The summed E-state index contributed by atoms with van der Waals surface area (Å²) < 4.78 is 11.3. The largest absolute Gasteiger partial charge is 0.348 e. The number of hydrogen-bond acceptors (Lipinski definition) is 2. The van der Waals surface area contributed by atoms with Crippen molar-refractivity contribution in [2.24, 2.45) is 0 Å². The second kappa shape index (κ2) is 4.11. The van der Waals surface area contributed by atoms with Gasteiger partial charge in [-0.2, -0.15) is 0 Å². The van der Waals surface area contributed by atoms with E-state index in [-0.39, 0.29) is 6.29 Å². The Labute approximate surface area is 84.8 Å². The van der Waals surface area contributed by atoms with Crippen molar-refractivity contribution in [3.8, 4) is 0 Å². The molecule has 1 aliphatic rings. The van der Waals surface area contributed by atoms with Crippen LogP contribution < -0.4 is 0 Å². The van der Waals surface area contributed by atoms with Gasteiger partial charge in [-0.05, 0) is 20.3 Å². The van der Waals surface area contributed by atoms with Gasteiger partial charge in [0, 0.05) is 5.56 Å². The topological polar surface area (TPSA) is 18.5 Å². The predicted molar refractivity (Wildman–Crippen MR) is 55.0 cm³/mol. The summed E-state index contributed by atoms with van der Waals surface area (Å²) in [6.07, 6.45) is 1.12. The lowest BCUT2D eigenvalue weighted by atomic mass is 10.1. The van der Waals surface area contributed by atoms with E-state index < -0.39 is 0 Å². The van der Waals surface area contributed by atoms with Crippen LogP contribution in [0.5, 0.6) is 0 Å². The second-order valence-corrected chi connectivity index (χ2v) is 3.85. The Morgan fingerprint density at radius 1 is 1.36 bits per heavy atom. The normalized spacial score (nSPS) is 27.6. The molecule has 1 aliphatic heterocycles. The SMILES string of the molecule is Cc1cccc(C2OCCC(C)O2)c1. The highest BCUT2D eigenvalue weighted by atomic mass is 16.7. The van der Waals surface area contributed by atoms with Crippen LogP contribution in [0.4, 0.5) is 0 Å². The number of aryl methyl sites for hydroxylation is 1. The van der Waals surface area contributed by atoms with Gasteiger partial charge < -0.3 is 9.47 Å². The molecule has 0 saturated carbocycles. The molecule has 1 saturated heterocycles. The van der Waals surface area contributed by atoms with E-state index in [1.165, 1.54) is 5.56 Å². The molecule has 2 rings (SSSR count). The van der Waals surface area contributed by atoms with E-state index in [0.717, 1.165) is 18.6 Å². The molecule has 2 atom stereocenters. The van der Waals surface area contributed by atoms with Crippen LogP contribution in [-0.2, 0) is 9.47 Å². The molecule has 0 bridgehead atoms. The molecule has 76 valence electrons. The minimum Gasteiger partial charge on any atom is -0.348 e. The first-order chi connectivity index (χ1) is 6.75. The minimum absolute atomic E-state index is 0.168. The fourth-order valence-electron chi connectivity index (χ4n) is 1.65. The van der Waals surface area contributed by atoms with Gasteiger partial charge in [-0.1, -0.05) is 29.8 Å². The van der Waals surface area contributed by atoms with E-state index >= 15 is 0 Å². The average molecular weight is 192 g/mol. The molecule has 0 N–H and O–H groups in total. The fourth-order valence-corrected chi connectivity index (χ4v) is 1.65. The summed E-state index contributed by atoms with van der Waals surface area (Å²) in [6, 6.07) is 8.28. The summed E-state index contributed by atoms with van der Waals surface area (Å²) >= 11 is 0. The third kappa shape index (κ3) is 2.14. The Balaban J connectivity index is 2.14. The van der Waals surface area contributed by atoms with Gasteiger partial charge in [0.2, 0.25) is 0 Å². The molecule has 14 heavy (non-hydrogen) atoms. The van der Waals surface area contributed by atoms with E-state index in [0.29, 0.717) is 6.10 Å². The molecule has 0 aliphatic carbocycles. The van der Waals surface area contributed by atoms with Gasteiger partial charge in [0.1, 0.15) is 0 Å². The molecule has 2 unspecified atom stereocenters. The maximum atomic E-state index is 5.71. The van der Waals surface area contributed by atoms with E-state index in [9.17, 15) is 0 Å². The van der Waals surface area contributed by atoms with Crippen LogP contribution in [0.25, 0.3) is 0 Å². The molecule has 2 nitrogen and oxygen atoms in total. The van der Waals surface area contributed by atoms with Crippen molar-refractivity contribution in [1.82, 2.24) is 0 Å². The van der Waals surface area contributed by atoms with Gasteiger partial charge >= 0.3 is 0 Å². The van der Waals surface area contributed by atoms with Crippen molar-refractivity contribution in [2.45, 2.75) is 32.7 Å². The molecule has 0 radical (unpaired) electrons. The van der Waals surface area contributed by atoms with Crippen LogP contribution >= 0.6 is 0 Å². The Kier molecular flexibility index (Phi) is 2.85. The molecule has 1 fully saturated rings. The molecule has 0 aromatic heterocycles. The quantitative estimate of drug-likeness (QED) is 0.681. The maximum absolute atomic E-state index is 5.71. The van der Waals surface area contributed by atoms with Gasteiger partial charge in [-0.15, -0.1) is 0 Å². The Morgan fingerprint density at radius 2 is 2.21 bits per heavy atom. The molecule has 0 spiro atoms. The molecule has 1 heterocycles. The highest BCUT2D eigenvalue weighted by Gasteiger charge is 2.20. The molecule has 1 aromatic carbocycles. The van der Waals surface area contributed by atoms with Crippen LogP contribution in [0.1, 0.15) is 30.8 Å². The zero-order chi connectivity index (χ0) is 9.97. The van der Waals surface area contributed by atoms with Crippen molar-refractivity contribution >= 4 is 0 Å². The highest BCUT2D eigenvalue weighted by Crippen LogP contribution is 2.26. The standard InChI is InChI=1S/C12H16O2/c1-9-4-3-5-11(8-9)12-13-7-6-10(2)14-12/h3-5,8,10,12H,6-7H2,1-2H3. The molecular weight excluding hydrogens is 176 g/mol.